The molecule has 2 amide bonds. The first kappa shape index (κ1) is 25.2. The molecule has 0 saturated carbocycles. The number of carbonyl (C=O) groups excluding carboxylic acids is 2. The van der Waals surface area contributed by atoms with E-state index >= 15 is 0 Å². The number of amides is 2. The summed E-state index contributed by atoms with van der Waals surface area (Å²) in [6, 6.07) is 20.0. The van der Waals surface area contributed by atoms with Crippen molar-refractivity contribution in [2.24, 2.45) is 0 Å². The van der Waals surface area contributed by atoms with Gasteiger partial charge in [0.15, 0.2) is 0 Å². The summed E-state index contributed by atoms with van der Waals surface area (Å²) in [7, 11) is 2.06. The number of likely N-dealkylation sites (N-methyl/N-ethyl adjacent to an activating group) is 1. The van der Waals surface area contributed by atoms with Gasteiger partial charge in [0.2, 0.25) is 0 Å². The lowest BCUT2D eigenvalue weighted by atomic mass is 9.96. The normalized spacial score (nSPS) is 18.4. The van der Waals surface area contributed by atoms with E-state index in [0.717, 1.165) is 31.5 Å². The monoisotopic (exact) mass is 510 g/mol. The third kappa shape index (κ3) is 5.17. The number of carboxylic acids is 1. The molecule has 194 valence electrons. The second kappa shape index (κ2) is 10.5. The fourth-order valence-corrected chi connectivity index (χ4v) is 5.09. The average Bonchev–Trinajstić information content (AvgIpc) is 3.21. The fraction of sp³-hybridized carbons (Fsp3) is 0.233. The molecule has 5 rings (SSSR count). The number of nitrogens with one attached hydrogen (secondary N) is 3. The Bertz CT molecular complexity index is 1430. The Labute approximate surface area is 221 Å². The molecule has 2 aliphatic rings. The van der Waals surface area contributed by atoms with Crippen LogP contribution in [-0.4, -0.2) is 54.0 Å². The fourth-order valence-electron chi connectivity index (χ4n) is 5.09. The minimum absolute atomic E-state index is 0.104. The Kier molecular flexibility index (Phi) is 6.98. The van der Waals surface area contributed by atoms with Gasteiger partial charge in [-0.3, -0.25) is 9.59 Å². The van der Waals surface area contributed by atoms with E-state index in [1.54, 1.807) is 25.1 Å². The maximum Gasteiger partial charge on any atom is 0.336 e. The lowest BCUT2D eigenvalue weighted by Gasteiger charge is -2.30. The standard InChI is InChI=1S/C30H30N4O4/c1-18-15-24-25(16-23(18)30(37)38)33-29(36)26(24)27(19-7-4-3-5-8-19)31-21-12-10-20(11-13-21)28(35)32-22-9-6-14-34(2)17-22/h3-5,7-8,10-13,15-16,22,31H,6,9,14,17H2,1-2H3,(H,32,35)(H,33,36)(H,37,38). The van der Waals surface area contributed by atoms with E-state index < -0.39 is 5.97 Å². The Morgan fingerprint density at radius 2 is 1.76 bits per heavy atom. The van der Waals surface area contributed by atoms with Crippen LogP contribution >= 0.6 is 0 Å². The van der Waals surface area contributed by atoms with Crippen molar-refractivity contribution in [3.8, 4) is 0 Å². The maximum absolute atomic E-state index is 13.2. The van der Waals surface area contributed by atoms with Crippen LogP contribution in [0.25, 0.3) is 11.3 Å². The molecule has 38 heavy (non-hydrogen) atoms. The van der Waals surface area contributed by atoms with Gasteiger partial charge in [-0.1, -0.05) is 30.3 Å². The third-order valence-corrected chi connectivity index (χ3v) is 7.03. The molecule has 1 saturated heterocycles. The van der Waals surface area contributed by atoms with Gasteiger partial charge in [0.05, 0.1) is 22.5 Å². The molecule has 0 radical (unpaired) electrons. The van der Waals surface area contributed by atoms with E-state index in [4.69, 9.17) is 0 Å². The third-order valence-electron chi connectivity index (χ3n) is 7.03. The van der Waals surface area contributed by atoms with Crippen molar-refractivity contribution in [2.45, 2.75) is 25.8 Å². The summed E-state index contributed by atoms with van der Waals surface area (Å²) in [5, 5.41) is 18.8. The highest BCUT2D eigenvalue weighted by molar-refractivity contribution is 6.37. The van der Waals surface area contributed by atoms with Crippen molar-refractivity contribution in [2.75, 3.05) is 30.8 Å². The second-order valence-corrected chi connectivity index (χ2v) is 9.87. The van der Waals surface area contributed by atoms with Gasteiger partial charge in [-0.2, -0.15) is 0 Å². The second-order valence-electron chi connectivity index (χ2n) is 9.87. The number of piperidine rings is 1. The summed E-state index contributed by atoms with van der Waals surface area (Å²) in [5.74, 6) is -1.47. The minimum Gasteiger partial charge on any atom is -0.478 e. The van der Waals surface area contributed by atoms with Crippen molar-refractivity contribution in [3.05, 3.63) is 94.5 Å². The van der Waals surface area contributed by atoms with E-state index in [1.807, 2.05) is 42.5 Å². The molecule has 1 unspecified atom stereocenters. The van der Waals surface area contributed by atoms with Crippen LogP contribution < -0.4 is 16.0 Å². The van der Waals surface area contributed by atoms with Crippen LogP contribution in [0.2, 0.25) is 0 Å². The Morgan fingerprint density at radius 1 is 1.03 bits per heavy atom. The molecule has 8 nitrogen and oxygen atoms in total. The molecule has 8 heteroatoms. The van der Waals surface area contributed by atoms with Crippen molar-refractivity contribution >= 4 is 40.4 Å². The van der Waals surface area contributed by atoms with E-state index in [2.05, 4.69) is 27.9 Å². The van der Waals surface area contributed by atoms with Crippen LogP contribution in [0.5, 0.6) is 0 Å². The van der Waals surface area contributed by atoms with Crippen LogP contribution in [-0.2, 0) is 4.79 Å². The summed E-state index contributed by atoms with van der Waals surface area (Å²) in [6.45, 7) is 3.61. The summed E-state index contributed by atoms with van der Waals surface area (Å²) in [5.41, 5.74) is 4.91. The van der Waals surface area contributed by atoms with Gasteiger partial charge in [0, 0.05) is 29.4 Å². The Hall–Kier alpha value is -4.43. The molecule has 3 aromatic carbocycles. The van der Waals surface area contributed by atoms with Crippen LogP contribution in [0, 0.1) is 6.92 Å². The summed E-state index contributed by atoms with van der Waals surface area (Å²) in [4.78, 5) is 39.8. The SMILES string of the molecule is Cc1cc2c(cc1C(=O)O)NC(=O)C2=C(Nc1ccc(C(=O)NC2CCCN(C)C2)cc1)c1ccccc1. The zero-order valence-corrected chi connectivity index (χ0v) is 21.4. The van der Waals surface area contributed by atoms with Crippen molar-refractivity contribution in [1.82, 2.24) is 10.2 Å². The zero-order valence-electron chi connectivity index (χ0n) is 21.4. The van der Waals surface area contributed by atoms with E-state index in [9.17, 15) is 19.5 Å². The number of benzene rings is 3. The van der Waals surface area contributed by atoms with Crippen LogP contribution in [0.3, 0.4) is 0 Å². The molecule has 1 fully saturated rings. The molecule has 0 bridgehead atoms. The smallest absolute Gasteiger partial charge is 0.336 e. The minimum atomic E-state index is -1.04. The number of fused-ring (bicyclic) bond motifs is 1. The first-order valence-corrected chi connectivity index (χ1v) is 12.7. The highest BCUT2D eigenvalue weighted by Gasteiger charge is 2.30. The van der Waals surface area contributed by atoms with Gasteiger partial charge >= 0.3 is 5.97 Å². The summed E-state index contributed by atoms with van der Waals surface area (Å²) < 4.78 is 0. The molecule has 0 aromatic heterocycles. The lowest BCUT2D eigenvalue weighted by molar-refractivity contribution is -0.110. The highest BCUT2D eigenvalue weighted by Crippen LogP contribution is 2.39. The van der Waals surface area contributed by atoms with Crippen LogP contribution in [0.4, 0.5) is 11.4 Å². The number of nitrogens with zero attached hydrogens (tertiary/aromatic N) is 1. The number of hydrogen-bond donors (Lipinski definition) is 4. The molecule has 4 N–H and O–H groups in total. The maximum atomic E-state index is 13.2. The number of aromatic carboxylic acids is 1. The first-order chi connectivity index (χ1) is 18.3. The predicted molar refractivity (Wildman–Crippen MR) is 148 cm³/mol. The quantitative estimate of drug-likeness (QED) is 0.365. The Balaban J connectivity index is 1.46. The molecule has 0 aliphatic carbocycles. The van der Waals surface area contributed by atoms with Gasteiger partial charge in [-0.15, -0.1) is 0 Å². The molecule has 1 atom stereocenters. The van der Waals surface area contributed by atoms with Crippen molar-refractivity contribution in [1.29, 1.82) is 0 Å². The average molecular weight is 511 g/mol. The molecular weight excluding hydrogens is 480 g/mol. The summed E-state index contributed by atoms with van der Waals surface area (Å²) >= 11 is 0. The molecule has 0 spiro atoms. The lowest BCUT2D eigenvalue weighted by Crippen LogP contribution is -2.46. The van der Waals surface area contributed by atoms with Gasteiger partial charge in [0.1, 0.15) is 0 Å². The van der Waals surface area contributed by atoms with Crippen LogP contribution in [0.1, 0.15) is 50.2 Å². The number of carbonyl (C=O) groups is 3. The topological polar surface area (TPSA) is 111 Å². The predicted octanol–water partition coefficient (Wildman–Crippen LogP) is 4.45. The molecule has 2 aliphatic heterocycles. The number of anilines is 2. The van der Waals surface area contributed by atoms with E-state index in [-0.39, 0.29) is 23.4 Å². The van der Waals surface area contributed by atoms with Crippen molar-refractivity contribution in [3.63, 3.8) is 0 Å². The highest BCUT2D eigenvalue weighted by atomic mass is 16.4. The number of hydrogen-bond acceptors (Lipinski definition) is 5. The van der Waals surface area contributed by atoms with Gasteiger partial charge in [-0.25, -0.2) is 4.79 Å². The Morgan fingerprint density at radius 3 is 2.45 bits per heavy atom. The molecule has 2 heterocycles. The number of rotatable bonds is 6. The first-order valence-electron chi connectivity index (χ1n) is 12.7. The summed E-state index contributed by atoms with van der Waals surface area (Å²) in [6.07, 6.45) is 2.04. The van der Waals surface area contributed by atoms with E-state index in [1.165, 1.54) is 6.07 Å². The number of carboxylic acid groups (broad SMARTS) is 1. The van der Waals surface area contributed by atoms with Crippen molar-refractivity contribution < 1.29 is 19.5 Å². The van der Waals surface area contributed by atoms with E-state index in [0.29, 0.717) is 39.3 Å². The zero-order chi connectivity index (χ0) is 26.8. The van der Waals surface area contributed by atoms with Crippen LogP contribution in [0.15, 0.2) is 66.7 Å². The largest absolute Gasteiger partial charge is 0.478 e. The van der Waals surface area contributed by atoms with Gasteiger partial charge in [-0.05, 0) is 80.9 Å². The van der Waals surface area contributed by atoms with Gasteiger partial charge in [0.25, 0.3) is 11.8 Å². The van der Waals surface area contributed by atoms with Gasteiger partial charge < -0.3 is 26.0 Å². The number of likely N-dealkylation sites (tertiary alicyclic amines) is 1. The number of aryl methyl sites for hydroxylation is 1. The molecule has 3 aromatic rings. The molecular formula is C30H30N4O4.